The zero-order chi connectivity index (χ0) is 16.2. The van der Waals surface area contributed by atoms with E-state index in [1.54, 1.807) is 22.2 Å². The molecule has 0 aliphatic rings. The van der Waals surface area contributed by atoms with Gasteiger partial charge >= 0.3 is 0 Å². The Kier molecular flexibility index (Phi) is 4.68. The summed E-state index contributed by atoms with van der Waals surface area (Å²) in [7, 11) is 0. The molecule has 0 aliphatic heterocycles. The summed E-state index contributed by atoms with van der Waals surface area (Å²) in [4.78, 5) is 2.32. The van der Waals surface area contributed by atoms with E-state index < -0.39 is 0 Å². The maximum Gasteiger partial charge on any atom is 0.216 e. The second-order valence-electron chi connectivity index (χ2n) is 4.81. The summed E-state index contributed by atoms with van der Waals surface area (Å²) in [6.45, 7) is 4.67. The summed E-state index contributed by atoms with van der Waals surface area (Å²) in [5.74, 6) is 1.50. The van der Waals surface area contributed by atoms with Gasteiger partial charge in [0.2, 0.25) is 4.77 Å². The molecule has 0 saturated heterocycles. The summed E-state index contributed by atoms with van der Waals surface area (Å²) >= 11 is 6.95. The van der Waals surface area contributed by atoms with Crippen molar-refractivity contribution < 1.29 is 4.74 Å². The number of aromatic nitrogens is 3. The molecule has 0 saturated carbocycles. The van der Waals surface area contributed by atoms with Gasteiger partial charge in [-0.3, -0.25) is 0 Å². The summed E-state index contributed by atoms with van der Waals surface area (Å²) in [6.07, 6.45) is 1.79. The molecule has 0 amide bonds. The number of aromatic amines is 1. The lowest BCUT2D eigenvalue weighted by Gasteiger charge is -2.04. The monoisotopic (exact) mass is 344 g/mol. The molecule has 0 spiro atoms. The fourth-order valence-corrected chi connectivity index (χ4v) is 3.01. The highest BCUT2D eigenvalue weighted by Crippen LogP contribution is 2.21. The van der Waals surface area contributed by atoms with Crippen LogP contribution in [-0.2, 0) is 0 Å². The van der Waals surface area contributed by atoms with Crippen molar-refractivity contribution in [2.24, 2.45) is 5.10 Å². The van der Waals surface area contributed by atoms with Gasteiger partial charge in [-0.15, -0.1) is 11.3 Å². The van der Waals surface area contributed by atoms with E-state index in [-0.39, 0.29) is 0 Å². The van der Waals surface area contributed by atoms with E-state index in [1.165, 1.54) is 4.88 Å². The Labute approximate surface area is 143 Å². The van der Waals surface area contributed by atoms with Crippen LogP contribution in [0.1, 0.15) is 16.7 Å². The molecule has 0 atom stereocenters. The third-order valence-corrected chi connectivity index (χ3v) is 4.34. The molecule has 7 heteroatoms. The number of rotatable bonds is 5. The smallest absolute Gasteiger partial charge is 0.216 e. The third-order valence-electron chi connectivity index (χ3n) is 3.14. The van der Waals surface area contributed by atoms with Crippen molar-refractivity contribution in [2.75, 3.05) is 6.61 Å². The fourth-order valence-electron chi connectivity index (χ4n) is 2.09. The molecule has 1 N–H and O–H groups in total. The number of H-pyrrole nitrogens is 1. The third kappa shape index (κ3) is 3.57. The molecule has 1 aromatic carbocycles. The van der Waals surface area contributed by atoms with Gasteiger partial charge in [-0.05, 0) is 62.5 Å². The highest BCUT2D eigenvalue weighted by molar-refractivity contribution is 7.71. The first-order valence-corrected chi connectivity index (χ1v) is 8.41. The SMILES string of the molecule is CCOc1ccc(-c2n[nH]c(=S)n2N=Cc2ccc(C)s2)cc1. The Morgan fingerprint density at radius 2 is 2.09 bits per heavy atom. The lowest BCUT2D eigenvalue weighted by molar-refractivity contribution is 0.340. The van der Waals surface area contributed by atoms with Crippen molar-refractivity contribution in [3.05, 3.63) is 50.9 Å². The number of benzene rings is 1. The number of ether oxygens (including phenoxy) is 1. The Balaban J connectivity index is 1.92. The van der Waals surface area contributed by atoms with E-state index in [9.17, 15) is 0 Å². The molecule has 23 heavy (non-hydrogen) atoms. The molecule has 2 heterocycles. The lowest BCUT2D eigenvalue weighted by atomic mass is 10.2. The number of nitrogens with zero attached hydrogens (tertiary/aromatic N) is 3. The molecular formula is C16H16N4OS2. The highest BCUT2D eigenvalue weighted by Gasteiger charge is 2.08. The standard InChI is InChI=1S/C16H16N4OS2/c1-3-21-13-7-5-12(6-8-13)15-18-19-16(22)20(15)17-10-14-9-4-11(2)23-14/h4-10H,3H2,1-2H3,(H,19,22). The van der Waals surface area contributed by atoms with Gasteiger partial charge in [0.25, 0.3) is 0 Å². The van der Waals surface area contributed by atoms with Crippen LogP contribution in [0.5, 0.6) is 5.75 Å². The van der Waals surface area contributed by atoms with E-state index in [1.807, 2.05) is 37.3 Å². The number of hydrogen-bond donors (Lipinski definition) is 1. The van der Waals surface area contributed by atoms with E-state index in [2.05, 4.69) is 28.3 Å². The quantitative estimate of drug-likeness (QED) is 0.556. The van der Waals surface area contributed by atoms with Gasteiger partial charge in [0, 0.05) is 15.3 Å². The van der Waals surface area contributed by atoms with Gasteiger partial charge in [0.05, 0.1) is 12.8 Å². The van der Waals surface area contributed by atoms with Crippen LogP contribution in [-0.4, -0.2) is 27.7 Å². The van der Waals surface area contributed by atoms with Crippen molar-refractivity contribution in [3.63, 3.8) is 0 Å². The second-order valence-corrected chi connectivity index (χ2v) is 6.52. The van der Waals surface area contributed by atoms with Gasteiger partial charge in [-0.25, -0.2) is 5.10 Å². The summed E-state index contributed by atoms with van der Waals surface area (Å²) in [5, 5.41) is 11.5. The molecule has 0 aliphatic carbocycles. The minimum absolute atomic E-state index is 0.457. The zero-order valence-electron chi connectivity index (χ0n) is 12.8. The van der Waals surface area contributed by atoms with Crippen molar-refractivity contribution in [1.29, 1.82) is 0 Å². The Morgan fingerprint density at radius 3 is 2.74 bits per heavy atom. The predicted molar refractivity (Wildman–Crippen MR) is 96.1 cm³/mol. The second kappa shape index (κ2) is 6.89. The van der Waals surface area contributed by atoms with Crippen molar-refractivity contribution in [3.8, 4) is 17.1 Å². The maximum atomic E-state index is 5.46. The molecule has 2 aromatic heterocycles. The average molecular weight is 344 g/mol. The first-order chi connectivity index (χ1) is 11.2. The minimum atomic E-state index is 0.457. The van der Waals surface area contributed by atoms with Gasteiger partial charge < -0.3 is 4.74 Å². The van der Waals surface area contributed by atoms with E-state index in [0.29, 0.717) is 17.2 Å². The van der Waals surface area contributed by atoms with Crippen LogP contribution < -0.4 is 4.74 Å². The zero-order valence-corrected chi connectivity index (χ0v) is 14.4. The minimum Gasteiger partial charge on any atom is -0.494 e. The molecule has 0 unspecified atom stereocenters. The Hall–Kier alpha value is -2.25. The molecule has 0 fully saturated rings. The van der Waals surface area contributed by atoms with Gasteiger partial charge in [0.15, 0.2) is 5.82 Å². The first-order valence-electron chi connectivity index (χ1n) is 7.19. The van der Waals surface area contributed by atoms with Crippen molar-refractivity contribution in [1.82, 2.24) is 14.9 Å². The Bertz CT molecular complexity index is 874. The first kappa shape index (κ1) is 15.6. The van der Waals surface area contributed by atoms with Crippen LogP contribution in [0.15, 0.2) is 41.5 Å². The molecule has 118 valence electrons. The van der Waals surface area contributed by atoms with Crippen LogP contribution >= 0.6 is 23.6 Å². The van der Waals surface area contributed by atoms with Crippen molar-refractivity contribution >= 4 is 29.8 Å². The van der Waals surface area contributed by atoms with E-state index in [0.717, 1.165) is 16.2 Å². The van der Waals surface area contributed by atoms with Crippen LogP contribution in [0.4, 0.5) is 0 Å². The molecule has 3 rings (SSSR count). The summed E-state index contributed by atoms with van der Waals surface area (Å²) in [6, 6.07) is 11.8. The predicted octanol–water partition coefficient (Wildman–Crippen LogP) is 4.26. The summed E-state index contributed by atoms with van der Waals surface area (Å²) < 4.78 is 7.54. The van der Waals surface area contributed by atoms with Crippen molar-refractivity contribution in [2.45, 2.75) is 13.8 Å². The fraction of sp³-hybridized carbons (Fsp3) is 0.188. The van der Waals surface area contributed by atoms with Gasteiger partial charge in [0.1, 0.15) is 5.75 Å². The topological polar surface area (TPSA) is 55.2 Å². The molecule has 0 radical (unpaired) electrons. The Morgan fingerprint density at radius 1 is 1.30 bits per heavy atom. The normalized spacial score (nSPS) is 11.2. The number of hydrogen-bond acceptors (Lipinski definition) is 5. The highest BCUT2D eigenvalue weighted by atomic mass is 32.1. The van der Waals surface area contributed by atoms with E-state index >= 15 is 0 Å². The van der Waals surface area contributed by atoms with E-state index in [4.69, 9.17) is 17.0 Å². The van der Waals surface area contributed by atoms with Crippen LogP contribution in [0.3, 0.4) is 0 Å². The molecule has 0 bridgehead atoms. The van der Waals surface area contributed by atoms with Crippen LogP contribution in [0.2, 0.25) is 0 Å². The number of thiophene rings is 1. The average Bonchev–Trinajstić information content (AvgIpc) is 3.12. The largest absolute Gasteiger partial charge is 0.494 e. The number of aryl methyl sites for hydroxylation is 1. The molecular weight excluding hydrogens is 328 g/mol. The lowest BCUT2D eigenvalue weighted by Crippen LogP contribution is -1.95. The molecule has 5 nitrogen and oxygen atoms in total. The van der Waals surface area contributed by atoms with Gasteiger partial charge in [-0.1, -0.05) is 0 Å². The maximum absolute atomic E-state index is 5.46. The number of nitrogens with one attached hydrogen (secondary N) is 1. The van der Waals surface area contributed by atoms with Crippen LogP contribution in [0.25, 0.3) is 11.4 Å². The molecule has 3 aromatic rings. The summed E-state index contributed by atoms with van der Waals surface area (Å²) in [5.41, 5.74) is 0.917. The van der Waals surface area contributed by atoms with Crippen LogP contribution in [0, 0.1) is 11.7 Å². The van der Waals surface area contributed by atoms with Gasteiger partial charge in [-0.2, -0.15) is 14.9 Å².